The predicted molar refractivity (Wildman–Crippen MR) is 105 cm³/mol. The van der Waals surface area contributed by atoms with Crippen molar-refractivity contribution < 1.29 is 26.7 Å². The van der Waals surface area contributed by atoms with Crippen molar-refractivity contribution in [1.82, 2.24) is 4.90 Å². The number of alkyl halides is 5. The second-order valence-electron chi connectivity index (χ2n) is 6.36. The first-order chi connectivity index (χ1) is 13.7. The van der Waals surface area contributed by atoms with Gasteiger partial charge < -0.3 is 19.9 Å². The first-order valence-electron chi connectivity index (χ1n) is 8.75. The second kappa shape index (κ2) is 8.81. The molecule has 0 bridgehead atoms. The van der Waals surface area contributed by atoms with E-state index in [1.165, 1.54) is 18.2 Å². The molecule has 0 spiro atoms. The number of halogens is 5. The normalized spacial score (nSPS) is 14.8. The number of hydrogen-bond acceptors (Lipinski definition) is 3. The number of nitrogens with zero attached hydrogens (tertiary/aromatic N) is 2. The maximum atomic E-state index is 12.9. The highest BCUT2D eigenvalue weighted by molar-refractivity contribution is 7.80. The van der Waals surface area contributed by atoms with Crippen molar-refractivity contribution in [2.45, 2.75) is 12.8 Å². The Morgan fingerprint density at radius 1 is 1.00 bits per heavy atom. The zero-order valence-corrected chi connectivity index (χ0v) is 15.9. The number of benzene rings is 2. The third-order valence-corrected chi connectivity index (χ3v) is 4.80. The van der Waals surface area contributed by atoms with E-state index in [1.807, 2.05) is 9.80 Å². The van der Waals surface area contributed by atoms with Gasteiger partial charge in [-0.1, -0.05) is 6.07 Å². The second-order valence-corrected chi connectivity index (χ2v) is 6.74. The Hall–Kier alpha value is -2.62. The average Bonchev–Trinajstić information content (AvgIpc) is 2.69. The van der Waals surface area contributed by atoms with Gasteiger partial charge in [0.1, 0.15) is 5.75 Å². The smallest absolute Gasteiger partial charge is 0.416 e. The number of hydrogen-bond donors (Lipinski definition) is 1. The molecule has 1 saturated heterocycles. The average molecular weight is 431 g/mol. The van der Waals surface area contributed by atoms with Crippen molar-refractivity contribution in [3.63, 3.8) is 0 Å². The van der Waals surface area contributed by atoms with Gasteiger partial charge in [0.15, 0.2) is 5.11 Å². The van der Waals surface area contributed by atoms with E-state index in [4.69, 9.17) is 12.2 Å². The third kappa shape index (κ3) is 5.69. The van der Waals surface area contributed by atoms with E-state index < -0.39 is 18.4 Å². The lowest BCUT2D eigenvalue weighted by molar-refractivity contribution is -0.137. The molecule has 2 aromatic carbocycles. The Bertz CT molecular complexity index is 836. The lowest BCUT2D eigenvalue weighted by Gasteiger charge is -2.37. The Labute approximate surface area is 169 Å². The Balaban J connectivity index is 1.54. The fourth-order valence-corrected chi connectivity index (χ4v) is 3.27. The van der Waals surface area contributed by atoms with E-state index >= 15 is 0 Å². The topological polar surface area (TPSA) is 27.7 Å². The minimum Gasteiger partial charge on any atom is -0.435 e. The lowest BCUT2D eigenvalue weighted by Crippen LogP contribution is -2.50. The maximum absolute atomic E-state index is 12.9. The summed E-state index contributed by atoms with van der Waals surface area (Å²) in [6.07, 6.45) is -4.38. The van der Waals surface area contributed by atoms with Crippen LogP contribution in [-0.4, -0.2) is 42.8 Å². The number of nitrogens with one attached hydrogen (secondary N) is 1. The molecule has 1 fully saturated rings. The van der Waals surface area contributed by atoms with Gasteiger partial charge in [-0.3, -0.25) is 0 Å². The molecular weight excluding hydrogens is 413 g/mol. The van der Waals surface area contributed by atoms with Crippen LogP contribution in [0.5, 0.6) is 5.75 Å². The number of ether oxygens (including phenoxy) is 1. The molecule has 4 nitrogen and oxygen atoms in total. The van der Waals surface area contributed by atoms with Crippen LogP contribution in [0.4, 0.5) is 33.3 Å². The molecule has 0 aliphatic carbocycles. The van der Waals surface area contributed by atoms with Crippen LogP contribution in [0.3, 0.4) is 0 Å². The van der Waals surface area contributed by atoms with Crippen LogP contribution in [0.25, 0.3) is 0 Å². The summed E-state index contributed by atoms with van der Waals surface area (Å²) >= 11 is 5.38. The Morgan fingerprint density at radius 3 is 2.24 bits per heavy atom. The SMILES string of the molecule is FC(F)Oc1ccc(NC(=S)N2CCN(c3cccc(C(F)(F)F)c3)CC2)cc1. The molecule has 0 saturated carbocycles. The molecule has 10 heteroatoms. The van der Waals surface area contributed by atoms with Gasteiger partial charge in [-0.15, -0.1) is 0 Å². The Morgan fingerprint density at radius 2 is 1.66 bits per heavy atom. The van der Waals surface area contributed by atoms with Crippen molar-refractivity contribution >= 4 is 28.7 Å². The van der Waals surface area contributed by atoms with Crippen LogP contribution in [0, 0.1) is 0 Å². The molecule has 1 N–H and O–H groups in total. The fraction of sp³-hybridized carbons (Fsp3) is 0.316. The van der Waals surface area contributed by atoms with Crippen molar-refractivity contribution in [3.8, 4) is 5.75 Å². The van der Waals surface area contributed by atoms with Gasteiger partial charge in [-0.05, 0) is 54.7 Å². The van der Waals surface area contributed by atoms with Crippen LogP contribution in [-0.2, 0) is 6.18 Å². The van der Waals surface area contributed by atoms with Crippen molar-refractivity contribution in [3.05, 3.63) is 54.1 Å². The van der Waals surface area contributed by atoms with Crippen LogP contribution in [0.1, 0.15) is 5.56 Å². The van der Waals surface area contributed by atoms with Crippen molar-refractivity contribution in [1.29, 1.82) is 0 Å². The third-order valence-electron chi connectivity index (χ3n) is 4.44. The molecule has 0 amide bonds. The number of thiocarbonyl (C=S) groups is 1. The first kappa shape index (κ1) is 21.1. The van der Waals surface area contributed by atoms with Crippen molar-refractivity contribution in [2.75, 3.05) is 36.4 Å². The largest absolute Gasteiger partial charge is 0.435 e. The van der Waals surface area contributed by atoms with E-state index in [9.17, 15) is 22.0 Å². The molecule has 156 valence electrons. The summed E-state index contributed by atoms with van der Waals surface area (Å²) < 4.78 is 67.4. The summed E-state index contributed by atoms with van der Waals surface area (Å²) in [4.78, 5) is 3.79. The summed E-state index contributed by atoms with van der Waals surface area (Å²) in [5, 5.41) is 3.48. The van der Waals surface area contributed by atoms with E-state index in [2.05, 4.69) is 10.1 Å². The quantitative estimate of drug-likeness (QED) is 0.553. The summed E-state index contributed by atoms with van der Waals surface area (Å²) in [6, 6.07) is 11.2. The van der Waals surface area contributed by atoms with Gasteiger partial charge in [0, 0.05) is 37.6 Å². The summed E-state index contributed by atoms with van der Waals surface area (Å²) in [6.45, 7) is -0.777. The summed E-state index contributed by atoms with van der Waals surface area (Å²) in [7, 11) is 0. The standard InChI is InChI=1S/C19H18F5N3OS/c20-17(21)28-16-6-4-14(5-7-16)25-18(29)27-10-8-26(9-11-27)15-3-1-2-13(12-15)19(22,23)24/h1-7,12,17H,8-11H2,(H,25,29). The molecule has 2 aromatic rings. The van der Waals surface area contributed by atoms with E-state index in [-0.39, 0.29) is 5.75 Å². The van der Waals surface area contributed by atoms with E-state index in [1.54, 1.807) is 18.2 Å². The summed E-state index contributed by atoms with van der Waals surface area (Å²) in [5.41, 5.74) is 0.471. The van der Waals surface area contributed by atoms with E-state index in [0.717, 1.165) is 12.1 Å². The molecule has 0 radical (unpaired) electrons. The predicted octanol–water partition coefficient (Wildman–Crippen LogP) is 4.83. The highest BCUT2D eigenvalue weighted by Crippen LogP contribution is 2.32. The molecule has 0 unspecified atom stereocenters. The lowest BCUT2D eigenvalue weighted by atomic mass is 10.1. The van der Waals surface area contributed by atoms with Gasteiger partial charge in [0.25, 0.3) is 0 Å². The van der Waals surface area contributed by atoms with Gasteiger partial charge in [0.2, 0.25) is 0 Å². The number of anilines is 2. The molecule has 1 aliphatic rings. The van der Waals surface area contributed by atoms with Gasteiger partial charge in [0.05, 0.1) is 5.56 Å². The van der Waals surface area contributed by atoms with Crippen LogP contribution >= 0.6 is 12.2 Å². The molecular formula is C19H18F5N3OS. The molecule has 1 aliphatic heterocycles. The number of piperazine rings is 1. The highest BCUT2D eigenvalue weighted by atomic mass is 32.1. The first-order valence-corrected chi connectivity index (χ1v) is 9.16. The molecule has 0 aromatic heterocycles. The van der Waals surface area contributed by atoms with Crippen molar-refractivity contribution in [2.24, 2.45) is 0 Å². The minimum atomic E-state index is -4.38. The molecule has 0 atom stereocenters. The van der Waals surface area contributed by atoms with E-state index in [0.29, 0.717) is 42.7 Å². The van der Waals surface area contributed by atoms with Crippen LogP contribution in [0.2, 0.25) is 0 Å². The zero-order chi connectivity index (χ0) is 21.0. The summed E-state index contributed by atoms with van der Waals surface area (Å²) in [5.74, 6) is 0.0474. The maximum Gasteiger partial charge on any atom is 0.416 e. The van der Waals surface area contributed by atoms with Gasteiger partial charge in [-0.25, -0.2) is 0 Å². The highest BCUT2D eigenvalue weighted by Gasteiger charge is 2.31. The molecule has 3 rings (SSSR count). The molecule has 1 heterocycles. The number of rotatable bonds is 4. The monoisotopic (exact) mass is 431 g/mol. The minimum absolute atomic E-state index is 0.0474. The zero-order valence-electron chi connectivity index (χ0n) is 15.1. The molecule has 29 heavy (non-hydrogen) atoms. The van der Waals surface area contributed by atoms with Gasteiger partial charge in [-0.2, -0.15) is 22.0 Å². The van der Waals surface area contributed by atoms with Crippen LogP contribution < -0.4 is 15.0 Å². The Kier molecular flexibility index (Phi) is 6.41. The fourth-order valence-electron chi connectivity index (χ4n) is 2.97. The van der Waals surface area contributed by atoms with Crippen LogP contribution in [0.15, 0.2) is 48.5 Å². The van der Waals surface area contributed by atoms with Gasteiger partial charge >= 0.3 is 12.8 Å².